The predicted molar refractivity (Wildman–Crippen MR) is 123 cm³/mol. The average molecular weight is 453 g/mol. The molecule has 3 aromatic heterocycles. The zero-order valence-corrected chi connectivity index (χ0v) is 18.5. The van der Waals surface area contributed by atoms with Crippen LogP contribution in [0.2, 0.25) is 5.02 Å². The van der Waals surface area contributed by atoms with E-state index in [0.717, 1.165) is 0 Å². The number of rotatable bonds is 5. The number of hydrogen-bond donors (Lipinski definition) is 2. The van der Waals surface area contributed by atoms with Crippen LogP contribution in [-0.4, -0.2) is 54.9 Å². The maximum Gasteiger partial charge on any atom is 0.416 e. The van der Waals surface area contributed by atoms with Crippen molar-refractivity contribution in [2.45, 2.75) is 6.92 Å². The molecule has 1 aromatic carbocycles. The lowest BCUT2D eigenvalue weighted by atomic mass is 10.2. The van der Waals surface area contributed by atoms with E-state index in [4.69, 9.17) is 11.6 Å². The second-order valence-corrected chi connectivity index (χ2v) is 7.72. The molecule has 0 aliphatic carbocycles. The number of amides is 1. The Morgan fingerprint density at radius 2 is 2.00 bits per heavy atom. The van der Waals surface area contributed by atoms with E-state index in [1.807, 2.05) is 6.92 Å². The molecule has 9 nitrogen and oxygen atoms in total. The summed E-state index contributed by atoms with van der Waals surface area (Å²) in [5.74, 6) is 0.296. The fraction of sp³-hybridized carbons (Fsp3) is 0.182. The molecule has 32 heavy (non-hydrogen) atoms. The van der Waals surface area contributed by atoms with Gasteiger partial charge in [0.15, 0.2) is 0 Å². The highest BCUT2D eigenvalue weighted by Crippen LogP contribution is 2.31. The minimum Gasteiger partial charge on any atom is -0.464 e. The molecule has 3 heterocycles. The second kappa shape index (κ2) is 8.35. The zero-order chi connectivity index (χ0) is 23.0. The normalized spacial score (nSPS) is 11.0. The third-order valence-electron chi connectivity index (χ3n) is 5.18. The summed E-state index contributed by atoms with van der Waals surface area (Å²) < 4.78 is 2.81. The molecule has 0 bridgehead atoms. The van der Waals surface area contributed by atoms with Gasteiger partial charge in [0.1, 0.15) is 5.82 Å². The maximum absolute atomic E-state index is 12.3. The molecule has 10 heteroatoms. The highest BCUT2D eigenvalue weighted by atomic mass is 35.5. The topological polar surface area (TPSA) is 105 Å². The fourth-order valence-corrected chi connectivity index (χ4v) is 3.62. The number of hydrogen-bond acceptors (Lipinski definition) is 5. The van der Waals surface area contributed by atoms with E-state index in [0.29, 0.717) is 50.8 Å². The molecule has 0 aliphatic rings. The molecule has 0 fully saturated rings. The van der Waals surface area contributed by atoms with Crippen LogP contribution in [0.15, 0.2) is 48.9 Å². The lowest BCUT2D eigenvalue weighted by Gasteiger charge is -2.15. The van der Waals surface area contributed by atoms with Gasteiger partial charge in [-0.2, -0.15) is 5.10 Å². The summed E-state index contributed by atoms with van der Waals surface area (Å²) in [4.78, 5) is 30.3. The van der Waals surface area contributed by atoms with Gasteiger partial charge in [-0.15, -0.1) is 0 Å². The quantitative estimate of drug-likeness (QED) is 0.463. The van der Waals surface area contributed by atoms with Crippen molar-refractivity contribution < 1.29 is 14.7 Å². The van der Waals surface area contributed by atoms with Gasteiger partial charge >= 0.3 is 6.09 Å². The Bertz CT molecular complexity index is 1340. The van der Waals surface area contributed by atoms with Crippen molar-refractivity contribution in [3.05, 3.63) is 59.5 Å². The molecule has 4 rings (SSSR count). The highest BCUT2D eigenvalue weighted by molar-refractivity contribution is 6.33. The van der Waals surface area contributed by atoms with Crippen LogP contribution in [-0.2, 0) is 7.05 Å². The first-order valence-electron chi connectivity index (χ1n) is 9.84. The summed E-state index contributed by atoms with van der Waals surface area (Å²) in [6.07, 6.45) is 3.84. The van der Waals surface area contributed by atoms with Crippen LogP contribution < -0.4 is 5.32 Å². The third kappa shape index (κ3) is 3.90. The Hall–Kier alpha value is -3.85. The van der Waals surface area contributed by atoms with Crippen LogP contribution in [0.25, 0.3) is 22.2 Å². The Balaban J connectivity index is 1.70. The van der Waals surface area contributed by atoms with Crippen molar-refractivity contribution in [1.29, 1.82) is 0 Å². The molecule has 4 aromatic rings. The van der Waals surface area contributed by atoms with Crippen LogP contribution in [0.1, 0.15) is 17.3 Å². The summed E-state index contributed by atoms with van der Waals surface area (Å²) in [5.41, 5.74) is 2.69. The molecular weight excluding hydrogens is 432 g/mol. The van der Waals surface area contributed by atoms with Crippen molar-refractivity contribution in [2.75, 3.05) is 18.9 Å². The summed E-state index contributed by atoms with van der Waals surface area (Å²) >= 11 is 6.39. The molecule has 0 saturated heterocycles. The van der Waals surface area contributed by atoms with Crippen LogP contribution in [0.5, 0.6) is 0 Å². The number of aryl methyl sites for hydroxylation is 1. The number of aromatic nitrogens is 4. The van der Waals surface area contributed by atoms with E-state index in [1.165, 1.54) is 4.57 Å². The number of pyridine rings is 1. The number of carbonyl (C=O) groups is 2. The third-order valence-corrected chi connectivity index (χ3v) is 5.49. The molecule has 0 spiro atoms. The lowest BCUT2D eigenvalue weighted by Crippen LogP contribution is -2.26. The summed E-state index contributed by atoms with van der Waals surface area (Å²) in [7, 11) is 3.49. The first-order valence-corrected chi connectivity index (χ1v) is 10.2. The number of nitrogens with zero attached hydrogens (tertiary/aromatic N) is 5. The maximum atomic E-state index is 12.3. The monoisotopic (exact) mass is 452 g/mol. The smallest absolute Gasteiger partial charge is 0.416 e. The van der Waals surface area contributed by atoms with Gasteiger partial charge in [-0.1, -0.05) is 11.6 Å². The van der Waals surface area contributed by atoms with Crippen LogP contribution in [0.4, 0.5) is 16.3 Å². The van der Waals surface area contributed by atoms with Crippen molar-refractivity contribution >= 4 is 46.0 Å². The van der Waals surface area contributed by atoms with Gasteiger partial charge in [0.25, 0.3) is 5.91 Å². The summed E-state index contributed by atoms with van der Waals surface area (Å²) in [5, 5.41) is 18.1. The minimum atomic E-state index is -1.11. The molecular formula is C22H21ClN6O3. The van der Waals surface area contributed by atoms with Crippen LogP contribution in [0.3, 0.4) is 0 Å². The van der Waals surface area contributed by atoms with Gasteiger partial charge < -0.3 is 15.3 Å². The SMILES string of the molecule is CCN(C)C(=O)c1ccc(Nc2cc3c(cn2)cc(-c2cnn(C)c2)n3C(=O)O)c(Cl)c1. The van der Waals surface area contributed by atoms with E-state index in [9.17, 15) is 14.7 Å². The van der Waals surface area contributed by atoms with Crippen molar-refractivity contribution in [1.82, 2.24) is 24.2 Å². The van der Waals surface area contributed by atoms with Crippen molar-refractivity contribution in [3.8, 4) is 11.3 Å². The largest absolute Gasteiger partial charge is 0.464 e. The fourth-order valence-electron chi connectivity index (χ4n) is 3.39. The lowest BCUT2D eigenvalue weighted by molar-refractivity contribution is 0.0802. The number of anilines is 2. The van der Waals surface area contributed by atoms with Gasteiger partial charge in [0.05, 0.1) is 28.1 Å². The second-order valence-electron chi connectivity index (χ2n) is 7.32. The molecule has 0 aliphatic heterocycles. The number of nitrogens with one attached hydrogen (secondary N) is 1. The van der Waals surface area contributed by atoms with E-state index < -0.39 is 6.09 Å². The molecule has 1 amide bonds. The Morgan fingerprint density at radius 1 is 1.22 bits per heavy atom. The standard InChI is InChI=1S/C22H21ClN6O3/c1-4-27(2)21(30)13-5-6-17(16(23)7-13)26-20-9-19-14(10-24-20)8-18(29(19)22(31)32)15-11-25-28(3)12-15/h5-12H,4H2,1-3H3,(H,24,26)(H,31,32). The van der Waals surface area contributed by atoms with Crippen LogP contribution >= 0.6 is 11.6 Å². The predicted octanol–water partition coefficient (Wildman–Crippen LogP) is 4.45. The average Bonchev–Trinajstić information content (AvgIpc) is 3.37. The first-order chi connectivity index (χ1) is 15.3. The van der Waals surface area contributed by atoms with Gasteiger partial charge in [-0.25, -0.2) is 14.3 Å². The number of fused-ring (bicyclic) bond motifs is 1. The zero-order valence-electron chi connectivity index (χ0n) is 17.7. The minimum absolute atomic E-state index is 0.122. The number of benzene rings is 1. The van der Waals surface area contributed by atoms with Gasteiger partial charge in [-0.05, 0) is 31.2 Å². The number of halogens is 1. The Labute approximate surface area is 188 Å². The Morgan fingerprint density at radius 3 is 2.62 bits per heavy atom. The number of carbonyl (C=O) groups excluding carboxylic acids is 1. The number of carboxylic acid groups (broad SMARTS) is 1. The molecule has 0 saturated carbocycles. The summed E-state index contributed by atoms with van der Waals surface area (Å²) in [6.45, 7) is 2.48. The molecule has 0 radical (unpaired) electrons. The molecule has 2 N–H and O–H groups in total. The van der Waals surface area contributed by atoms with E-state index in [-0.39, 0.29) is 5.91 Å². The van der Waals surface area contributed by atoms with Crippen molar-refractivity contribution in [3.63, 3.8) is 0 Å². The van der Waals surface area contributed by atoms with E-state index in [2.05, 4.69) is 15.4 Å². The van der Waals surface area contributed by atoms with Crippen molar-refractivity contribution in [2.24, 2.45) is 7.05 Å². The van der Waals surface area contributed by atoms with E-state index in [1.54, 1.807) is 72.6 Å². The van der Waals surface area contributed by atoms with Gasteiger partial charge in [-0.3, -0.25) is 9.48 Å². The van der Waals surface area contributed by atoms with Crippen LogP contribution in [0, 0.1) is 0 Å². The van der Waals surface area contributed by atoms with Gasteiger partial charge in [0, 0.05) is 55.6 Å². The molecule has 0 unspecified atom stereocenters. The first kappa shape index (κ1) is 21.4. The Kier molecular flexibility index (Phi) is 5.58. The summed E-state index contributed by atoms with van der Waals surface area (Å²) in [6, 6.07) is 8.37. The van der Waals surface area contributed by atoms with Gasteiger partial charge in [0.2, 0.25) is 0 Å². The molecule has 0 atom stereocenters. The highest BCUT2D eigenvalue weighted by Gasteiger charge is 2.18. The van der Waals surface area contributed by atoms with E-state index >= 15 is 0 Å². The molecule has 164 valence electrons.